The molecule has 0 aliphatic rings. The number of hydrogen-bond donors (Lipinski definition) is 0. The molecule has 100 valence electrons. The number of carbonyl (C=O) groups is 1. The van der Waals surface area contributed by atoms with E-state index in [-0.39, 0.29) is 24.5 Å². The number of thioether (sulfide) groups is 1. The summed E-state index contributed by atoms with van der Waals surface area (Å²) in [5.74, 6) is 0.195. The van der Waals surface area contributed by atoms with Gasteiger partial charge in [0.05, 0.1) is 30.7 Å². The maximum atomic E-state index is 12.0. The Morgan fingerprint density at radius 3 is 2.53 bits per heavy atom. The van der Waals surface area contributed by atoms with E-state index in [1.54, 1.807) is 11.1 Å². The predicted octanol–water partition coefficient (Wildman–Crippen LogP) is 1.17. The second kappa shape index (κ2) is 8.17. The Morgan fingerprint density at radius 2 is 2.05 bits per heavy atom. The van der Waals surface area contributed by atoms with E-state index in [1.165, 1.54) is 11.8 Å². The quantitative estimate of drug-likeness (QED) is 0.698. The van der Waals surface area contributed by atoms with E-state index in [0.29, 0.717) is 13.1 Å². The number of rotatable bonds is 7. The summed E-state index contributed by atoms with van der Waals surface area (Å²) in [6, 6.07) is 4.02. The van der Waals surface area contributed by atoms with Crippen LogP contribution in [-0.4, -0.2) is 39.2 Å². The van der Waals surface area contributed by atoms with E-state index in [1.807, 2.05) is 30.0 Å². The van der Waals surface area contributed by atoms with Crippen LogP contribution in [0.15, 0.2) is 17.6 Å². The average Bonchev–Trinajstić information content (AvgIpc) is 2.82. The van der Waals surface area contributed by atoms with Crippen molar-refractivity contribution < 1.29 is 4.79 Å². The highest BCUT2D eigenvalue weighted by molar-refractivity contribution is 7.99. The number of carbonyl (C=O) groups excluding carboxylic acids is 1. The molecule has 0 fully saturated rings. The Labute approximate surface area is 116 Å². The summed E-state index contributed by atoms with van der Waals surface area (Å²) in [7, 11) is 1.86. The van der Waals surface area contributed by atoms with Crippen molar-refractivity contribution in [2.24, 2.45) is 7.05 Å². The molecule has 19 heavy (non-hydrogen) atoms. The van der Waals surface area contributed by atoms with Crippen LogP contribution in [0.25, 0.3) is 0 Å². The summed E-state index contributed by atoms with van der Waals surface area (Å²) < 4.78 is 1.84. The molecule has 0 saturated heterocycles. The van der Waals surface area contributed by atoms with Crippen molar-refractivity contribution in [3.63, 3.8) is 0 Å². The highest BCUT2D eigenvalue weighted by Gasteiger charge is 2.14. The third-order valence-corrected chi connectivity index (χ3v) is 3.48. The lowest BCUT2D eigenvalue weighted by Crippen LogP contribution is -2.34. The van der Waals surface area contributed by atoms with E-state index in [2.05, 4.69) is 4.98 Å². The zero-order valence-electron chi connectivity index (χ0n) is 10.7. The van der Waals surface area contributed by atoms with Crippen LogP contribution >= 0.6 is 11.8 Å². The first-order chi connectivity index (χ1) is 9.19. The number of hydrogen-bond acceptors (Lipinski definition) is 5. The van der Waals surface area contributed by atoms with Crippen LogP contribution in [0.2, 0.25) is 0 Å². The summed E-state index contributed by atoms with van der Waals surface area (Å²) in [6.07, 6.45) is 4.06. The maximum absolute atomic E-state index is 12.0. The van der Waals surface area contributed by atoms with Gasteiger partial charge in [0.1, 0.15) is 0 Å². The molecule has 6 nitrogen and oxygen atoms in total. The normalized spacial score (nSPS) is 9.63. The molecule has 1 aromatic rings. The van der Waals surface area contributed by atoms with Crippen LogP contribution < -0.4 is 0 Å². The second-order valence-corrected chi connectivity index (χ2v) is 4.75. The van der Waals surface area contributed by atoms with Crippen LogP contribution in [0, 0.1) is 22.7 Å². The van der Waals surface area contributed by atoms with Crippen molar-refractivity contribution in [1.82, 2.24) is 14.5 Å². The minimum absolute atomic E-state index is 0.0708. The van der Waals surface area contributed by atoms with Gasteiger partial charge in [-0.3, -0.25) is 4.79 Å². The first-order valence-corrected chi connectivity index (χ1v) is 6.79. The lowest BCUT2D eigenvalue weighted by molar-refractivity contribution is -0.128. The van der Waals surface area contributed by atoms with E-state index in [0.717, 1.165) is 5.16 Å². The molecule has 0 atom stereocenters. The molecule has 1 heterocycles. The van der Waals surface area contributed by atoms with Crippen molar-refractivity contribution >= 4 is 17.7 Å². The Morgan fingerprint density at radius 1 is 1.42 bits per heavy atom. The van der Waals surface area contributed by atoms with Gasteiger partial charge >= 0.3 is 0 Å². The van der Waals surface area contributed by atoms with Gasteiger partial charge in [-0.2, -0.15) is 10.5 Å². The van der Waals surface area contributed by atoms with Gasteiger partial charge in [0, 0.05) is 32.5 Å². The topological polar surface area (TPSA) is 85.7 Å². The Hall–Kier alpha value is -1.99. The molecule has 0 N–H and O–H groups in total. The van der Waals surface area contributed by atoms with Crippen molar-refractivity contribution in [2.75, 3.05) is 18.8 Å². The fourth-order valence-electron chi connectivity index (χ4n) is 1.44. The van der Waals surface area contributed by atoms with Crippen molar-refractivity contribution in [3.05, 3.63) is 12.4 Å². The van der Waals surface area contributed by atoms with Gasteiger partial charge in [0.25, 0.3) is 0 Å². The maximum Gasteiger partial charge on any atom is 0.233 e. The third kappa shape index (κ3) is 5.02. The van der Waals surface area contributed by atoms with Crippen molar-refractivity contribution in [3.8, 4) is 12.1 Å². The fourth-order valence-corrected chi connectivity index (χ4v) is 2.27. The summed E-state index contributed by atoms with van der Waals surface area (Å²) in [5.41, 5.74) is 0. The van der Waals surface area contributed by atoms with Gasteiger partial charge < -0.3 is 9.47 Å². The summed E-state index contributed by atoms with van der Waals surface area (Å²) >= 11 is 1.35. The van der Waals surface area contributed by atoms with Crippen LogP contribution in [0.4, 0.5) is 0 Å². The largest absolute Gasteiger partial charge is 0.340 e. The molecule has 0 aliphatic carbocycles. The molecule has 0 unspecified atom stereocenters. The van der Waals surface area contributed by atoms with Gasteiger partial charge in [-0.15, -0.1) is 0 Å². The first-order valence-electron chi connectivity index (χ1n) is 5.81. The molecule has 0 radical (unpaired) electrons. The van der Waals surface area contributed by atoms with Gasteiger partial charge in [-0.1, -0.05) is 11.8 Å². The van der Waals surface area contributed by atoms with E-state index in [9.17, 15) is 4.79 Å². The van der Waals surface area contributed by atoms with Crippen LogP contribution in [0.5, 0.6) is 0 Å². The number of nitrogens with zero attached hydrogens (tertiary/aromatic N) is 5. The van der Waals surface area contributed by atoms with Gasteiger partial charge in [-0.05, 0) is 0 Å². The molecular weight excluding hydrogens is 262 g/mol. The second-order valence-electron chi connectivity index (χ2n) is 3.81. The van der Waals surface area contributed by atoms with Gasteiger partial charge in [0.15, 0.2) is 5.16 Å². The van der Waals surface area contributed by atoms with E-state index in [4.69, 9.17) is 10.5 Å². The Kier molecular flexibility index (Phi) is 6.48. The zero-order chi connectivity index (χ0) is 14.1. The van der Waals surface area contributed by atoms with Gasteiger partial charge in [0.2, 0.25) is 5.91 Å². The lowest BCUT2D eigenvalue weighted by Gasteiger charge is -2.19. The van der Waals surface area contributed by atoms with Gasteiger partial charge in [-0.25, -0.2) is 4.98 Å². The monoisotopic (exact) mass is 277 g/mol. The highest BCUT2D eigenvalue weighted by atomic mass is 32.2. The molecule has 1 amide bonds. The molecule has 0 bridgehead atoms. The molecular formula is C12H15N5OS. The fraction of sp³-hybridized carbons (Fsp3) is 0.500. The number of imidazole rings is 1. The van der Waals surface area contributed by atoms with E-state index >= 15 is 0 Å². The minimum atomic E-state index is -0.0708. The molecule has 7 heteroatoms. The Balaban J connectivity index is 2.49. The summed E-state index contributed by atoms with van der Waals surface area (Å²) in [4.78, 5) is 17.7. The molecule has 0 spiro atoms. The molecule has 0 aliphatic heterocycles. The zero-order valence-corrected chi connectivity index (χ0v) is 11.6. The SMILES string of the molecule is Cn1ccnc1SCC(=O)N(CCC#N)CCC#N. The van der Waals surface area contributed by atoms with Crippen LogP contribution in [0.3, 0.4) is 0 Å². The minimum Gasteiger partial charge on any atom is -0.340 e. The predicted molar refractivity (Wildman–Crippen MR) is 71.0 cm³/mol. The summed E-state index contributed by atoms with van der Waals surface area (Å²) in [5, 5.41) is 17.9. The molecule has 1 aromatic heterocycles. The van der Waals surface area contributed by atoms with Crippen molar-refractivity contribution in [1.29, 1.82) is 10.5 Å². The number of amides is 1. The lowest BCUT2D eigenvalue weighted by atomic mass is 10.3. The summed E-state index contributed by atoms with van der Waals surface area (Å²) in [6.45, 7) is 0.746. The smallest absolute Gasteiger partial charge is 0.233 e. The molecule has 0 saturated carbocycles. The molecule has 0 aromatic carbocycles. The molecule has 1 rings (SSSR count). The van der Waals surface area contributed by atoms with Crippen LogP contribution in [-0.2, 0) is 11.8 Å². The average molecular weight is 277 g/mol. The number of aryl methyl sites for hydroxylation is 1. The first kappa shape index (κ1) is 15.1. The standard InChI is InChI=1S/C12H15N5OS/c1-16-9-6-15-12(16)19-10-11(18)17(7-2-4-13)8-3-5-14/h6,9H,2-3,7-8,10H2,1H3. The van der Waals surface area contributed by atoms with E-state index < -0.39 is 0 Å². The third-order valence-electron chi connectivity index (χ3n) is 2.44. The number of aromatic nitrogens is 2. The van der Waals surface area contributed by atoms with Crippen molar-refractivity contribution in [2.45, 2.75) is 18.0 Å². The highest BCUT2D eigenvalue weighted by Crippen LogP contribution is 2.15. The Bertz CT molecular complexity index is 481. The van der Waals surface area contributed by atoms with Crippen LogP contribution in [0.1, 0.15) is 12.8 Å². The number of nitriles is 2.